The standard InChI is InChI=1S/C10H15BrN2/c1-10(2,3)6-4-7(12)9(11)8(13)5-6/h4-5H,12-13H2,1-3H3. The first-order valence-electron chi connectivity index (χ1n) is 4.17. The molecule has 0 fully saturated rings. The minimum absolute atomic E-state index is 0.0862. The van der Waals surface area contributed by atoms with Gasteiger partial charge in [-0.1, -0.05) is 20.8 Å². The molecule has 0 atom stereocenters. The Kier molecular flexibility index (Phi) is 2.57. The lowest BCUT2D eigenvalue weighted by molar-refractivity contribution is 0.591. The van der Waals surface area contributed by atoms with Crippen molar-refractivity contribution in [3.8, 4) is 0 Å². The van der Waals surface area contributed by atoms with E-state index in [-0.39, 0.29) is 5.41 Å². The molecule has 0 spiro atoms. The first-order chi connectivity index (χ1) is 5.82. The van der Waals surface area contributed by atoms with E-state index >= 15 is 0 Å². The normalized spacial score (nSPS) is 11.7. The van der Waals surface area contributed by atoms with Crippen molar-refractivity contribution in [2.45, 2.75) is 26.2 Å². The lowest BCUT2D eigenvalue weighted by atomic mass is 9.86. The summed E-state index contributed by atoms with van der Waals surface area (Å²) in [5.41, 5.74) is 14.2. The molecule has 0 amide bonds. The van der Waals surface area contributed by atoms with Crippen LogP contribution in [0.15, 0.2) is 16.6 Å². The number of benzene rings is 1. The van der Waals surface area contributed by atoms with Crippen molar-refractivity contribution in [2.75, 3.05) is 11.5 Å². The molecular weight excluding hydrogens is 228 g/mol. The Labute approximate surface area is 87.4 Å². The number of hydrogen-bond donors (Lipinski definition) is 2. The van der Waals surface area contributed by atoms with Gasteiger partial charge in [-0.2, -0.15) is 0 Å². The minimum atomic E-state index is 0.0862. The molecule has 1 aromatic carbocycles. The van der Waals surface area contributed by atoms with Crippen LogP contribution in [0, 0.1) is 0 Å². The van der Waals surface area contributed by atoms with Crippen molar-refractivity contribution in [1.29, 1.82) is 0 Å². The van der Waals surface area contributed by atoms with Crippen LogP contribution in [0.4, 0.5) is 11.4 Å². The number of nitrogens with two attached hydrogens (primary N) is 2. The largest absolute Gasteiger partial charge is 0.398 e. The van der Waals surface area contributed by atoms with Gasteiger partial charge in [-0.05, 0) is 39.0 Å². The van der Waals surface area contributed by atoms with Crippen LogP contribution in [-0.4, -0.2) is 0 Å². The second-order valence-corrected chi connectivity index (χ2v) is 5.01. The van der Waals surface area contributed by atoms with Gasteiger partial charge in [-0.25, -0.2) is 0 Å². The van der Waals surface area contributed by atoms with Gasteiger partial charge in [0, 0.05) is 11.4 Å². The molecule has 0 bridgehead atoms. The fourth-order valence-electron chi connectivity index (χ4n) is 1.10. The van der Waals surface area contributed by atoms with Crippen LogP contribution in [0.1, 0.15) is 26.3 Å². The van der Waals surface area contributed by atoms with Crippen LogP contribution in [0.2, 0.25) is 0 Å². The zero-order valence-electron chi connectivity index (χ0n) is 8.19. The van der Waals surface area contributed by atoms with E-state index in [1.807, 2.05) is 12.1 Å². The van der Waals surface area contributed by atoms with Crippen molar-refractivity contribution < 1.29 is 0 Å². The molecule has 4 N–H and O–H groups in total. The van der Waals surface area contributed by atoms with Crippen LogP contribution in [0.5, 0.6) is 0 Å². The topological polar surface area (TPSA) is 52.0 Å². The Morgan fingerprint density at radius 3 is 1.77 bits per heavy atom. The van der Waals surface area contributed by atoms with E-state index in [4.69, 9.17) is 11.5 Å². The maximum Gasteiger partial charge on any atom is 0.0634 e. The highest BCUT2D eigenvalue weighted by Crippen LogP contribution is 2.32. The molecule has 0 aliphatic rings. The molecular formula is C10H15BrN2. The fraction of sp³-hybridized carbons (Fsp3) is 0.400. The summed E-state index contributed by atoms with van der Waals surface area (Å²) in [6.07, 6.45) is 0. The van der Waals surface area contributed by atoms with Crippen molar-refractivity contribution >= 4 is 27.3 Å². The highest BCUT2D eigenvalue weighted by molar-refractivity contribution is 9.10. The summed E-state index contributed by atoms with van der Waals surface area (Å²) in [5, 5.41) is 0. The fourth-order valence-corrected chi connectivity index (χ4v) is 1.33. The van der Waals surface area contributed by atoms with Crippen molar-refractivity contribution in [3.05, 3.63) is 22.2 Å². The first kappa shape index (κ1) is 10.4. The summed E-state index contributed by atoms with van der Waals surface area (Å²) in [6.45, 7) is 6.40. The Morgan fingerprint density at radius 1 is 1.08 bits per heavy atom. The van der Waals surface area contributed by atoms with E-state index in [1.165, 1.54) is 0 Å². The lowest BCUT2D eigenvalue weighted by Crippen LogP contribution is -2.12. The van der Waals surface area contributed by atoms with E-state index in [1.54, 1.807) is 0 Å². The summed E-state index contributed by atoms with van der Waals surface area (Å²) < 4.78 is 0.792. The van der Waals surface area contributed by atoms with Gasteiger partial charge in [0.1, 0.15) is 0 Å². The second kappa shape index (κ2) is 3.22. The monoisotopic (exact) mass is 242 g/mol. The second-order valence-electron chi connectivity index (χ2n) is 4.22. The van der Waals surface area contributed by atoms with E-state index in [0.717, 1.165) is 10.0 Å². The van der Waals surface area contributed by atoms with Gasteiger partial charge in [-0.3, -0.25) is 0 Å². The van der Waals surface area contributed by atoms with Gasteiger partial charge in [0.25, 0.3) is 0 Å². The highest BCUT2D eigenvalue weighted by Gasteiger charge is 2.15. The molecule has 0 heterocycles. The molecule has 1 aromatic rings. The van der Waals surface area contributed by atoms with Crippen LogP contribution >= 0.6 is 15.9 Å². The summed E-state index contributed by atoms with van der Waals surface area (Å²) in [5.74, 6) is 0. The van der Waals surface area contributed by atoms with Gasteiger partial charge in [0.15, 0.2) is 0 Å². The molecule has 0 aliphatic carbocycles. The molecule has 0 aliphatic heterocycles. The van der Waals surface area contributed by atoms with Gasteiger partial charge < -0.3 is 11.5 Å². The van der Waals surface area contributed by atoms with Gasteiger partial charge >= 0.3 is 0 Å². The third-order valence-electron chi connectivity index (χ3n) is 1.99. The van der Waals surface area contributed by atoms with E-state index in [2.05, 4.69) is 36.7 Å². The molecule has 3 heteroatoms. The van der Waals surface area contributed by atoms with E-state index in [0.29, 0.717) is 11.4 Å². The number of rotatable bonds is 0. The van der Waals surface area contributed by atoms with Crippen molar-refractivity contribution in [3.63, 3.8) is 0 Å². The predicted molar refractivity (Wildman–Crippen MR) is 61.7 cm³/mol. The maximum atomic E-state index is 5.79. The quantitative estimate of drug-likeness (QED) is 0.688. The number of nitrogen functional groups attached to an aromatic ring is 2. The smallest absolute Gasteiger partial charge is 0.0634 e. The Hall–Kier alpha value is -0.700. The molecule has 1 rings (SSSR count). The van der Waals surface area contributed by atoms with Crippen LogP contribution in [0.3, 0.4) is 0 Å². The summed E-state index contributed by atoms with van der Waals surface area (Å²) in [4.78, 5) is 0. The molecule has 0 unspecified atom stereocenters. The number of hydrogen-bond acceptors (Lipinski definition) is 2. The third-order valence-corrected chi connectivity index (χ3v) is 2.91. The molecule has 72 valence electrons. The average molecular weight is 243 g/mol. The van der Waals surface area contributed by atoms with Gasteiger partial charge in [-0.15, -0.1) is 0 Å². The van der Waals surface area contributed by atoms with Gasteiger partial charge in [0.2, 0.25) is 0 Å². The Bertz CT molecular complexity index is 303. The minimum Gasteiger partial charge on any atom is -0.398 e. The molecule has 0 radical (unpaired) electrons. The van der Waals surface area contributed by atoms with Crippen LogP contribution in [0.25, 0.3) is 0 Å². The van der Waals surface area contributed by atoms with Gasteiger partial charge in [0.05, 0.1) is 4.47 Å². The van der Waals surface area contributed by atoms with Crippen molar-refractivity contribution in [1.82, 2.24) is 0 Å². The molecule has 13 heavy (non-hydrogen) atoms. The summed E-state index contributed by atoms with van der Waals surface area (Å²) in [6, 6.07) is 3.92. The maximum absolute atomic E-state index is 5.79. The third kappa shape index (κ3) is 2.15. The van der Waals surface area contributed by atoms with Crippen molar-refractivity contribution in [2.24, 2.45) is 0 Å². The molecule has 0 saturated heterocycles. The highest BCUT2D eigenvalue weighted by atomic mass is 79.9. The van der Waals surface area contributed by atoms with E-state index < -0.39 is 0 Å². The van der Waals surface area contributed by atoms with Crippen LogP contribution < -0.4 is 11.5 Å². The molecule has 0 saturated carbocycles. The SMILES string of the molecule is CC(C)(C)c1cc(N)c(Br)c(N)c1. The zero-order chi connectivity index (χ0) is 10.2. The molecule has 0 aromatic heterocycles. The lowest BCUT2D eigenvalue weighted by Gasteiger charge is -2.20. The first-order valence-corrected chi connectivity index (χ1v) is 4.96. The number of anilines is 2. The summed E-state index contributed by atoms with van der Waals surface area (Å²) in [7, 11) is 0. The Morgan fingerprint density at radius 2 is 1.46 bits per heavy atom. The molecule has 2 nitrogen and oxygen atoms in total. The summed E-state index contributed by atoms with van der Waals surface area (Å²) >= 11 is 3.33. The van der Waals surface area contributed by atoms with Crippen LogP contribution in [-0.2, 0) is 5.41 Å². The number of halogens is 1. The predicted octanol–water partition coefficient (Wildman–Crippen LogP) is 2.91. The Balaban J connectivity index is 3.29. The van der Waals surface area contributed by atoms with E-state index in [9.17, 15) is 0 Å². The average Bonchev–Trinajstić information content (AvgIpc) is 1.97. The zero-order valence-corrected chi connectivity index (χ0v) is 9.77.